The minimum atomic E-state index is 0.242. The van der Waals surface area contributed by atoms with Crippen LogP contribution in [-0.2, 0) is 0 Å². The van der Waals surface area contributed by atoms with E-state index in [9.17, 15) is 0 Å². The Bertz CT molecular complexity index is 143. The second-order valence-electron chi connectivity index (χ2n) is 1.17. The summed E-state index contributed by atoms with van der Waals surface area (Å²) in [6.07, 6.45) is 2.99. The maximum absolute atomic E-state index is 8.48. The fourth-order valence-electron chi connectivity index (χ4n) is 0.325. The average Bonchev–Trinajstić information content (AvgIpc) is 1.64. The first-order chi connectivity index (χ1) is 3.79. The number of hydrogen-bond acceptors (Lipinski definition) is 4. The fourth-order valence-corrected chi connectivity index (χ4v) is 0.460. The third-order valence-electron chi connectivity index (χ3n) is 0.601. The first-order valence-electron chi connectivity index (χ1n) is 1.95. The minimum absolute atomic E-state index is 0.242. The highest BCUT2D eigenvalue weighted by atomic mass is 35.5. The zero-order valence-corrected chi connectivity index (χ0v) is 4.63. The van der Waals surface area contributed by atoms with E-state index in [1.54, 1.807) is 0 Å². The van der Waals surface area contributed by atoms with Gasteiger partial charge in [0.2, 0.25) is 0 Å². The van der Waals surface area contributed by atoms with E-state index < -0.39 is 0 Å². The van der Waals surface area contributed by atoms with Crippen LogP contribution in [0.15, 0.2) is 17.4 Å². The lowest BCUT2D eigenvalue weighted by atomic mass is 10.6. The molecule has 4 nitrogen and oxygen atoms in total. The molecule has 8 heavy (non-hydrogen) atoms. The smallest absolute Gasteiger partial charge is 0.155 e. The normalized spacial score (nSPS) is 17.8. The van der Waals surface area contributed by atoms with E-state index in [0.29, 0.717) is 5.28 Å². The largest absolute Gasteiger partial charge is 0.265 e. The van der Waals surface area contributed by atoms with E-state index in [1.165, 1.54) is 12.3 Å². The van der Waals surface area contributed by atoms with Crippen molar-refractivity contribution in [2.75, 3.05) is 0 Å². The predicted octanol–water partition coefficient (Wildman–Crippen LogP) is 0.262. The third kappa shape index (κ3) is 1.11. The minimum Gasteiger partial charge on any atom is -0.265 e. The van der Waals surface area contributed by atoms with E-state index in [1.807, 2.05) is 0 Å². The highest BCUT2D eigenvalue weighted by Gasteiger charge is 1.97. The zero-order chi connectivity index (χ0) is 5.98. The molecular weight excluding hydrogens is 130 g/mol. The van der Waals surface area contributed by atoms with Gasteiger partial charge in [-0.25, -0.2) is 0 Å². The van der Waals surface area contributed by atoms with Crippen molar-refractivity contribution in [1.82, 2.24) is 10.7 Å². The maximum atomic E-state index is 8.48. The molecule has 0 atom stereocenters. The Morgan fingerprint density at radius 2 is 2.62 bits per heavy atom. The molecule has 1 aliphatic heterocycles. The summed E-state index contributed by atoms with van der Waals surface area (Å²) in [6.45, 7) is 0. The Kier molecular flexibility index (Phi) is 1.36. The molecular formula is C3H4ClN3O. The van der Waals surface area contributed by atoms with Gasteiger partial charge in [-0.15, -0.1) is 5.10 Å². The SMILES string of the molecule is ON1N=C(Cl)C=CN1. The number of allylic oxidation sites excluding steroid dienone is 1. The van der Waals surface area contributed by atoms with Gasteiger partial charge < -0.3 is 0 Å². The fraction of sp³-hybridized carbons (Fsp3) is 0. The van der Waals surface area contributed by atoms with Gasteiger partial charge in [-0.2, -0.15) is 0 Å². The molecule has 0 radical (unpaired) electrons. The topological polar surface area (TPSA) is 47.9 Å². The van der Waals surface area contributed by atoms with E-state index in [2.05, 4.69) is 10.5 Å². The lowest BCUT2D eigenvalue weighted by Crippen LogP contribution is -2.28. The summed E-state index contributed by atoms with van der Waals surface area (Å²) in [7, 11) is 0. The van der Waals surface area contributed by atoms with Crippen molar-refractivity contribution in [2.45, 2.75) is 0 Å². The van der Waals surface area contributed by atoms with Crippen LogP contribution in [0.25, 0.3) is 0 Å². The predicted molar refractivity (Wildman–Crippen MR) is 29.2 cm³/mol. The van der Waals surface area contributed by atoms with Crippen molar-refractivity contribution >= 4 is 16.8 Å². The lowest BCUT2D eigenvalue weighted by molar-refractivity contribution is -0.124. The van der Waals surface area contributed by atoms with Crippen LogP contribution in [0.1, 0.15) is 0 Å². The van der Waals surface area contributed by atoms with E-state index in [0.717, 1.165) is 0 Å². The molecule has 1 aliphatic rings. The monoisotopic (exact) mass is 133 g/mol. The molecule has 0 bridgehead atoms. The number of nitrogens with one attached hydrogen (secondary N) is 1. The summed E-state index contributed by atoms with van der Waals surface area (Å²) in [4.78, 5) is 0. The van der Waals surface area contributed by atoms with Gasteiger partial charge in [0.1, 0.15) is 0 Å². The summed E-state index contributed by atoms with van der Waals surface area (Å²) in [6, 6.07) is 0. The first kappa shape index (κ1) is 5.40. The van der Waals surface area contributed by atoms with E-state index >= 15 is 0 Å². The van der Waals surface area contributed by atoms with Crippen molar-refractivity contribution in [3.63, 3.8) is 0 Å². The van der Waals surface area contributed by atoms with Crippen LogP contribution in [-0.4, -0.2) is 15.7 Å². The van der Waals surface area contributed by atoms with Gasteiger partial charge in [0.05, 0.1) is 0 Å². The number of nitrogens with zero attached hydrogens (tertiary/aromatic N) is 2. The van der Waals surface area contributed by atoms with E-state index in [-0.39, 0.29) is 5.17 Å². The molecule has 0 aliphatic carbocycles. The summed E-state index contributed by atoms with van der Waals surface area (Å²) in [5, 5.41) is 12.6. The lowest BCUT2D eigenvalue weighted by Gasteiger charge is -2.11. The summed E-state index contributed by atoms with van der Waals surface area (Å²) >= 11 is 5.33. The number of hydrogen-bond donors (Lipinski definition) is 2. The molecule has 0 aromatic rings. The molecule has 0 fully saturated rings. The summed E-state index contributed by atoms with van der Waals surface area (Å²) < 4.78 is 0. The molecule has 1 heterocycles. The average molecular weight is 134 g/mol. The van der Waals surface area contributed by atoms with Crippen LogP contribution in [0.2, 0.25) is 0 Å². The molecule has 1 rings (SSSR count). The number of hydrazone groups is 1. The molecule has 2 N–H and O–H groups in total. The quantitative estimate of drug-likeness (QED) is 0.499. The first-order valence-corrected chi connectivity index (χ1v) is 2.32. The van der Waals surface area contributed by atoms with Crippen LogP contribution in [0.4, 0.5) is 0 Å². The van der Waals surface area contributed by atoms with Crippen molar-refractivity contribution in [1.29, 1.82) is 0 Å². The molecule has 0 saturated carbocycles. The van der Waals surface area contributed by atoms with Crippen LogP contribution >= 0.6 is 11.6 Å². The van der Waals surface area contributed by atoms with Crippen molar-refractivity contribution < 1.29 is 5.21 Å². The molecule has 44 valence electrons. The highest BCUT2D eigenvalue weighted by Crippen LogP contribution is 1.93. The molecule has 0 spiro atoms. The second-order valence-corrected chi connectivity index (χ2v) is 1.56. The van der Waals surface area contributed by atoms with Gasteiger partial charge in [0.15, 0.2) is 5.17 Å². The maximum Gasteiger partial charge on any atom is 0.155 e. The van der Waals surface area contributed by atoms with Crippen molar-refractivity contribution in [3.8, 4) is 0 Å². The standard InChI is InChI=1S/C3H4ClN3O/c4-3-1-2-5-7(8)6-3/h1-2,5,8H. The summed E-state index contributed by atoms with van der Waals surface area (Å²) in [5.41, 5.74) is 2.35. The number of rotatable bonds is 0. The van der Waals surface area contributed by atoms with Gasteiger partial charge in [0.25, 0.3) is 0 Å². The molecule has 0 aromatic heterocycles. The van der Waals surface area contributed by atoms with E-state index in [4.69, 9.17) is 16.8 Å². The molecule has 0 saturated heterocycles. The number of halogens is 1. The van der Waals surface area contributed by atoms with Gasteiger partial charge in [0, 0.05) is 6.20 Å². The summed E-state index contributed by atoms with van der Waals surface area (Å²) in [5.74, 6) is 0. The Balaban J connectivity index is 2.63. The zero-order valence-electron chi connectivity index (χ0n) is 3.87. The Morgan fingerprint density at radius 3 is 3.00 bits per heavy atom. The molecule has 5 heteroatoms. The Morgan fingerprint density at radius 1 is 1.88 bits per heavy atom. The Labute approximate surface area is 51.0 Å². The number of hydrazine groups is 1. The third-order valence-corrected chi connectivity index (χ3v) is 0.803. The van der Waals surface area contributed by atoms with Gasteiger partial charge in [-0.1, -0.05) is 16.9 Å². The molecule has 0 amide bonds. The molecule has 0 aromatic carbocycles. The van der Waals surface area contributed by atoms with Gasteiger partial charge in [-0.05, 0) is 6.08 Å². The van der Waals surface area contributed by atoms with Crippen LogP contribution < -0.4 is 5.43 Å². The van der Waals surface area contributed by atoms with Crippen LogP contribution in [0.5, 0.6) is 0 Å². The van der Waals surface area contributed by atoms with Crippen molar-refractivity contribution in [3.05, 3.63) is 12.3 Å². The Hall–Kier alpha value is -0.740. The van der Waals surface area contributed by atoms with Crippen LogP contribution in [0, 0.1) is 0 Å². The van der Waals surface area contributed by atoms with Gasteiger partial charge >= 0.3 is 0 Å². The molecule has 0 unspecified atom stereocenters. The van der Waals surface area contributed by atoms with Gasteiger partial charge in [-0.3, -0.25) is 10.6 Å². The highest BCUT2D eigenvalue weighted by molar-refractivity contribution is 6.68. The van der Waals surface area contributed by atoms with Crippen molar-refractivity contribution in [2.24, 2.45) is 5.10 Å². The van der Waals surface area contributed by atoms with Crippen LogP contribution in [0.3, 0.4) is 0 Å². The second kappa shape index (κ2) is 2.02.